The Morgan fingerprint density at radius 2 is 2.31 bits per heavy atom. The first-order valence-corrected chi connectivity index (χ1v) is 4.98. The highest BCUT2D eigenvalue weighted by atomic mass is 16.5. The van der Waals surface area contributed by atoms with Crippen LogP contribution in [-0.4, -0.2) is 25.0 Å². The van der Waals surface area contributed by atoms with Crippen LogP contribution in [0.2, 0.25) is 0 Å². The van der Waals surface area contributed by atoms with Crippen LogP contribution in [0.5, 0.6) is 0 Å². The van der Waals surface area contributed by atoms with Crippen molar-refractivity contribution in [2.45, 2.75) is 32.7 Å². The Labute approximate surface area is 79.6 Å². The van der Waals surface area contributed by atoms with Gasteiger partial charge < -0.3 is 10.5 Å². The first kappa shape index (κ1) is 10.7. The monoisotopic (exact) mass is 185 g/mol. The second-order valence-corrected chi connectivity index (χ2v) is 4.20. The highest BCUT2D eigenvalue weighted by Gasteiger charge is 2.27. The molecule has 0 aromatic carbocycles. The number of carbonyl (C=O) groups excluding carboxylic acids is 1. The Morgan fingerprint density at radius 1 is 1.62 bits per heavy atom. The molecule has 0 aromatic rings. The largest absolute Gasteiger partial charge is 0.381 e. The summed E-state index contributed by atoms with van der Waals surface area (Å²) in [6, 6.07) is -0.285. The van der Waals surface area contributed by atoms with E-state index in [1.807, 2.05) is 0 Å². The number of hydrogen-bond donors (Lipinski definition) is 1. The van der Waals surface area contributed by atoms with Gasteiger partial charge in [-0.05, 0) is 18.8 Å². The predicted octanol–water partition coefficient (Wildman–Crippen LogP) is 0.965. The van der Waals surface area contributed by atoms with Crippen LogP contribution in [0.25, 0.3) is 0 Å². The molecule has 1 fully saturated rings. The number of carbonyl (C=O) groups is 1. The molecule has 0 aromatic heterocycles. The van der Waals surface area contributed by atoms with E-state index in [4.69, 9.17) is 10.5 Å². The van der Waals surface area contributed by atoms with Gasteiger partial charge in [-0.2, -0.15) is 0 Å². The zero-order valence-electron chi connectivity index (χ0n) is 8.45. The Morgan fingerprint density at radius 3 is 2.77 bits per heavy atom. The van der Waals surface area contributed by atoms with E-state index in [1.165, 1.54) is 0 Å². The fraction of sp³-hybridized carbons (Fsp3) is 0.900. The van der Waals surface area contributed by atoms with Gasteiger partial charge in [-0.25, -0.2) is 0 Å². The molecular formula is C10H19NO2. The molecule has 1 aliphatic heterocycles. The zero-order valence-corrected chi connectivity index (χ0v) is 8.45. The van der Waals surface area contributed by atoms with Crippen LogP contribution in [0.1, 0.15) is 26.7 Å². The number of hydrogen-bond acceptors (Lipinski definition) is 3. The maximum atomic E-state index is 11.7. The minimum atomic E-state index is -0.285. The quantitative estimate of drug-likeness (QED) is 0.710. The molecule has 0 spiro atoms. The summed E-state index contributed by atoms with van der Waals surface area (Å²) in [6.07, 6.45) is 1.64. The molecule has 3 heteroatoms. The molecule has 1 heterocycles. The number of ketones is 1. The fourth-order valence-corrected chi connectivity index (χ4v) is 1.69. The molecule has 0 aliphatic carbocycles. The average Bonchev–Trinajstić information content (AvgIpc) is 2.53. The summed E-state index contributed by atoms with van der Waals surface area (Å²) in [6.45, 7) is 5.45. The van der Waals surface area contributed by atoms with Gasteiger partial charge in [0.2, 0.25) is 0 Å². The third-order valence-electron chi connectivity index (χ3n) is 2.42. The van der Waals surface area contributed by atoms with Crippen LogP contribution in [-0.2, 0) is 9.53 Å². The van der Waals surface area contributed by atoms with Gasteiger partial charge >= 0.3 is 0 Å². The standard InChI is InChI=1S/C10H19NO2/c1-7(2)5-9(11)10(12)8-3-4-13-6-8/h7-9H,3-6,11H2,1-2H3. The minimum absolute atomic E-state index is 0.0637. The van der Waals surface area contributed by atoms with Gasteiger partial charge in [0.05, 0.1) is 12.6 Å². The van der Waals surface area contributed by atoms with Crippen LogP contribution in [0.3, 0.4) is 0 Å². The molecule has 0 radical (unpaired) electrons. The van der Waals surface area contributed by atoms with Crippen molar-refractivity contribution in [2.24, 2.45) is 17.6 Å². The minimum Gasteiger partial charge on any atom is -0.381 e. The highest BCUT2D eigenvalue weighted by Crippen LogP contribution is 2.16. The second kappa shape index (κ2) is 4.72. The van der Waals surface area contributed by atoms with Crippen molar-refractivity contribution in [3.8, 4) is 0 Å². The summed E-state index contributed by atoms with van der Waals surface area (Å²) in [7, 11) is 0. The number of rotatable bonds is 4. The molecule has 76 valence electrons. The molecule has 2 unspecified atom stereocenters. The molecule has 0 saturated carbocycles. The SMILES string of the molecule is CC(C)CC(N)C(=O)C1CCOC1. The van der Waals surface area contributed by atoms with Crippen molar-refractivity contribution in [1.29, 1.82) is 0 Å². The summed E-state index contributed by atoms with van der Waals surface area (Å²) in [5.74, 6) is 0.737. The van der Waals surface area contributed by atoms with Gasteiger partial charge in [0.1, 0.15) is 0 Å². The maximum Gasteiger partial charge on any atom is 0.154 e. The lowest BCUT2D eigenvalue weighted by Crippen LogP contribution is -2.36. The third kappa shape index (κ3) is 3.08. The fourth-order valence-electron chi connectivity index (χ4n) is 1.69. The Kier molecular flexibility index (Phi) is 3.88. The molecule has 2 atom stereocenters. The van der Waals surface area contributed by atoms with Crippen molar-refractivity contribution in [2.75, 3.05) is 13.2 Å². The van der Waals surface area contributed by atoms with E-state index in [-0.39, 0.29) is 17.7 Å². The van der Waals surface area contributed by atoms with Crippen molar-refractivity contribution >= 4 is 5.78 Å². The molecule has 1 rings (SSSR count). The molecule has 3 nitrogen and oxygen atoms in total. The van der Waals surface area contributed by atoms with E-state index < -0.39 is 0 Å². The summed E-state index contributed by atoms with van der Waals surface area (Å²) in [5.41, 5.74) is 5.79. The van der Waals surface area contributed by atoms with Crippen molar-refractivity contribution in [3.05, 3.63) is 0 Å². The number of nitrogens with two attached hydrogens (primary N) is 1. The van der Waals surface area contributed by atoms with Crippen molar-refractivity contribution in [3.63, 3.8) is 0 Å². The first-order chi connectivity index (χ1) is 6.11. The lowest BCUT2D eigenvalue weighted by Gasteiger charge is -2.15. The molecular weight excluding hydrogens is 166 g/mol. The lowest BCUT2D eigenvalue weighted by molar-refractivity contribution is -0.124. The van der Waals surface area contributed by atoms with E-state index >= 15 is 0 Å². The van der Waals surface area contributed by atoms with Crippen molar-refractivity contribution < 1.29 is 9.53 Å². The van der Waals surface area contributed by atoms with Crippen molar-refractivity contribution in [1.82, 2.24) is 0 Å². The molecule has 1 saturated heterocycles. The molecule has 0 bridgehead atoms. The van der Waals surface area contributed by atoms with Gasteiger partial charge in [0, 0.05) is 12.5 Å². The third-order valence-corrected chi connectivity index (χ3v) is 2.42. The number of ether oxygens (including phenoxy) is 1. The average molecular weight is 185 g/mol. The van der Waals surface area contributed by atoms with Gasteiger partial charge in [-0.3, -0.25) is 4.79 Å². The van der Waals surface area contributed by atoms with E-state index in [2.05, 4.69) is 13.8 Å². The van der Waals surface area contributed by atoms with E-state index in [0.29, 0.717) is 19.1 Å². The van der Waals surface area contributed by atoms with Gasteiger partial charge in [-0.15, -0.1) is 0 Å². The second-order valence-electron chi connectivity index (χ2n) is 4.20. The van der Waals surface area contributed by atoms with Crippen LogP contribution < -0.4 is 5.73 Å². The highest BCUT2D eigenvalue weighted by molar-refractivity contribution is 5.86. The zero-order chi connectivity index (χ0) is 9.84. The number of Topliss-reactive ketones (excluding diaryl/α,β-unsaturated/α-hetero) is 1. The topological polar surface area (TPSA) is 52.3 Å². The summed E-state index contributed by atoms with van der Waals surface area (Å²) < 4.78 is 5.16. The van der Waals surface area contributed by atoms with Crippen LogP contribution in [0.15, 0.2) is 0 Å². The smallest absolute Gasteiger partial charge is 0.154 e. The normalized spacial score (nSPS) is 25.1. The predicted molar refractivity (Wildman–Crippen MR) is 51.4 cm³/mol. The van der Waals surface area contributed by atoms with E-state index in [0.717, 1.165) is 12.8 Å². The first-order valence-electron chi connectivity index (χ1n) is 4.98. The van der Waals surface area contributed by atoms with E-state index in [1.54, 1.807) is 0 Å². The van der Waals surface area contributed by atoms with Crippen LogP contribution in [0, 0.1) is 11.8 Å². The van der Waals surface area contributed by atoms with Gasteiger partial charge in [0.15, 0.2) is 5.78 Å². The van der Waals surface area contributed by atoms with Gasteiger partial charge in [-0.1, -0.05) is 13.8 Å². The molecule has 1 aliphatic rings. The maximum absolute atomic E-state index is 11.7. The Balaban J connectivity index is 2.36. The molecule has 0 amide bonds. The summed E-state index contributed by atoms with van der Waals surface area (Å²) in [4.78, 5) is 11.7. The van der Waals surface area contributed by atoms with Gasteiger partial charge in [0.25, 0.3) is 0 Å². The summed E-state index contributed by atoms with van der Waals surface area (Å²) in [5, 5.41) is 0. The van der Waals surface area contributed by atoms with Crippen LogP contribution >= 0.6 is 0 Å². The van der Waals surface area contributed by atoms with E-state index in [9.17, 15) is 4.79 Å². The molecule has 13 heavy (non-hydrogen) atoms. The molecule has 2 N–H and O–H groups in total. The van der Waals surface area contributed by atoms with Crippen LogP contribution in [0.4, 0.5) is 0 Å². The Bertz CT molecular complexity index is 174. The Hall–Kier alpha value is -0.410. The lowest BCUT2D eigenvalue weighted by atomic mass is 9.92. The summed E-state index contributed by atoms with van der Waals surface area (Å²) >= 11 is 0.